The topological polar surface area (TPSA) is 118 Å². The van der Waals surface area contributed by atoms with Gasteiger partial charge in [0.05, 0.1) is 27.0 Å². The fourth-order valence-corrected chi connectivity index (χ4v) is 2.81. The van der Waals surface area contributed by atoms with Crippen LogP contribution in [-0.2, 0) is 11.3 Å². The number of rotatable bonds is 9. The van der Waals surface area contributed by atoms with Gasteiger partial charge in [-0.1, -0.05) is 30.3 Å². The molecular formula is C21H22N4O5. The van der Waals surface area contributed by atoms with E-state index in [1.165, 1.54) is 26.4 Å². The first-order chi connectivity index (χ1) is 14.5. The molecule has 2 aromatic carbocycles. The van der Waals surface area contributed by atoms with Crippen molar-refractivity contribution >= 4 is 17.6 Å². The van der Waals surface area contributed by atoms with Gasteiger partial charge in [-0.3, -0.25) is 9.59 Å². The number of methoxy groups -OCH3 is 2. The van der Waals surface area contributed by atoms with Gasteiger partial charge in [-0.05, 0) is 17.7 Å². The summed E-state index contributed by atoms with van der Waals surface area (Å²) < 4.78 is 17.6. The van der Waals surface area contributed by atoms with Gasteiger partial charge in [0, 0.05) is 11.6 Å². The molecule has 9 heteroatoms. The monoisotopic (exact) mass is 410 g/mol. The number of nitrogens with one attached hydrogen (secondary N) is 1. The summed E-state index contributed by atoms with van der Waals surface area (Å²) in [6.45, 7) is 0.160. The number of nitrogens with two attached hydrogens (primary N) is 1. The molecule has 0 radical (unpaired) electrons. The highest BCUT2D eigenvalue weighted by Gasteiger charge is 2.19. The van der Waals surface area contributed by atoms with E-state index < -0.39 is 5.91 Å². The second-order valence-electron chi connectivity index (χ2n) is 6.28. The van der Waals surface area contributed by atoms with Crippen molar-refractivity contribution in [2.45, 2.75) is 6.54 Å². The Labute approximate surface area is 173 Å². The van der Waals surface area contributed by atoms with Crippen molar-refractivity contribution in [3.8, 4) is 17.2 Å². The molecule has 0 atom stereocenters. The lowest BCUT2D eigenvalue weighted by Gasteiger charge is -2.15. The summed E-state index contributed by atoms with van der Waals surface area (Å²) in [7, 11) is 2.84. The molecule has 156 valence electrons. The first kappa shape index (κ1) is 20.7. The Balaban J connectivity index is 1.82. The van der Waals surface area contributed by atoms with Crippen molar-refractivity contribution in [1.29, 1.82) is 0 Å². The Bertz CT molecular complexity index is 1010. The minimum absolute atomic E-state index is 0.185. The van der Waals surface area contributed by atoms with Crippen molar-refractivity contribution in [1.82, 2.24) is 9.78 Å². The Morgan fingerprint density at radius 1 is 1.07 bits per heavy atom. The molecule has 30 heavy (non-hydrogen) atoms. The van der Waals surface area contributed by atoms with E-state index in [-0.39, 0.29) is 35.3 Å². The maximum Gasteiger partial charge on any atom is 0.257 e. The van der Waals surface area contributed by atoms with E-state index >= 15 is 0 Å². The average molecular weight is 410 g/mol. The molecule has 0 saturated carbocycles. The predicted molar refractivity (Wildman–Crippen MR) is 110 cm³/mol. The number of carbonyl (C=O) groups excluding carboxylic acids is 2. The fourth-order valence-electron chi connectivity index (χ4n) is 2.81. The van der Waals surface area contributed by atoms with E-state index in [1.54, 1.807) is 16.9 Å². The van der Waals surface area contributed by atoms with Crippen molar-refractivity contribution < 1.29 is 23.8 Å². The van der Waals surface area contributed by atoms with Crippen LogP contribution >= 0.6 is 0 Å². The normalized spacial score (nSPS) is 10.3. The van der Waals surface area contributed by atoms with Gasteiger partial charge in [0.2, 0.25) is 5.75 Å². The van der Waals surface area contributed by atoms with Crippen LogP contribution in [0.15, 0.2) is 54.7 Å². The minimum atomic E-state index is -0.646. The van der Waals surface area contributed by atoms with Gasteiger partial charge in [0.25, 0.3) is 11.8 Å². The summed E-state index contributed by atoms with van der Waals surface area (Å²) in [5, 5.41) is 7.10. The molecule has 0 aliphatic carbocycles. The van der Waals surface area contributed by atoms with Crippen LogP contribution in [0.1, 0.15) is 15.9 Å². The molecule has 0 unspecified atom stereocenters. The minimum Gasteiger partial charge on any atom is -0.493 e. The lowest BCUT2D eigenvalue weighted by Crippen LogP contribution is -2.21. The zero-order chi connectivity index (χ0) is 21.5. The Morgan fingerprint density at radius 3 is 2.33 bits per heavy atom. The van der Waals surface area contributed by atoms with Gasteiger partial charge in [-0.2, -0.15) is 5.10 Å². The van der Waals surface area contributed by atoms with Crippen LogP contribution in [0, 0.1) is 0 Å². The number of ether oxygens (including phenoxy) is 3. The van der Waals surface area contributed by atoms with Crippen molar-refractivity contribution in [3.63, 3.8) is 0 Å². The largest absolute Gasteiger partial charge is 0.493 e. The fraction of sp³-hybridized carbons (Fsp3) is 0.190. The number of nitrogens with zero attached hydrogens (tertiary/aromatic N) is 2. The number of carbonyl (C=O) groups is 2. The maximum absolute atomic E-state index is 12.9. The molecule has 0 saturated heterocycles. The molecule has 1 aromatic heterocycles. The summed E-state index contributed by atoms with van der Waals surface area (Å²) in [5.41, 5.74) is 6.46. The molecule has 0 fully saturated rings. The van der Waals surface area contributed by atoms with Crippen LogP contribution in [-0.4, -0.2) is 42.4 Å². The van der Waals surface area contributed by atoms with Gasteiger partial charge in [0.1, 0.15) is 5.82 Å². The SMILES string of the molecule is COc1cc(C(=O)Nc2ccnn2Cc2ccccc2)cc(OC)c1OCC(N)=O. The second kappa shape index (κ2) is 9.46. The molecule has 3 N–H and O–H groups in total. The van der Waals surface area contributed by atoms with Gasteiger partial charge >= 0.3 is 0 Å². The third kappa shape index (κ3) is 4.88. The molecule has 1 heterocycles. The third-order valence-corrected chi connectivity index (χ3v) is 4.21. The van der Waals surface area contributed by atoms with Gasteiger partial charge in [-0.15, -0.1) is 0 Å². The van der Waals surface area contributed by atoms with Crippen LogP contribution in [0.5, 0.6) is 17.2 Å². The van der Waals surface area contributed by atoms with Gasteiger partial charge < -0.3 is 25.3 Å². The highest BCUT2D eigenvalue weighted by Crippen LogP contribution is 2.38. The number of primary amides is 1. The van der Waals surface area contributed by atoms with Crippen molar-refractivity contribution in [2.75, 3.05) is 26.1 Å². The highest BCUT2D eigenvalue weighted by molar-refractivity contribution is 6.04. The standard InChI is InChI=1S/C21H22N4O5/c1-28-16-10-15(11-17(29-2)20(16)30-13-18(22)26)21(27)24-19-8-9-23-25(19)12-14-6-4-3-5-7-14/h3-11H,12-13H2,1-2H3,(H2,22,26)(H,24,27). The third-order valence-electron chi connectivity index (χ3n) is 4.21. The summed E-state index contributed by atoms with van der Waals surface area (Å²) >= 11 is 0. The predicted octanol–water partition coefficient (Wildman–Crippen LogP) is 2.06. The molecule has 2 amide bonds. The van der Waals surface area contributed by atoms with Crippen LogP contribution in [0.4, 0.5) is 5.82 Å². The quantitative estimate of drug-likeness (QED) is 0.558. The molecular weight excluding hydrogens is 388 g/mol. The van der Waals surface area contributed by atoms with Crippen LogP contribution in [0.25, 0.3) is 0 Å². The maximum atomic E-state index is 12.9. The molecule has 0 spiro atoms. The number of amides is 2. The van der Waals surface area contributed by atoms with Crippen molar-refractivity contribution in [2.24, 2.45) is 5.73 Å². The molecule has 0 aliphatic heterocycles. The number of benzene rings is 2. The molecule has 3 rings (SSSR count). The van der Waals surface area contributed by atoms with Crippen LogP contribution in [0.2, 0.25) is 0 Å². The Morgan fingerprint density at radius 2 is 1.73 bits per heavy atom. The van der Waals surface area contributed by atoms with Gasteiger partial charge in [0.15, 0.2) is 18.1 Å². The average Bonchev–Trinajstić information content (AvgIpc) is 3.18. The number of hydrogen-bond donors (Lipinski definition) is 2. The summed E-state index contributed by atoms with van der Waals surface area (Å²) in [5.74, 6) is 0.160. The molecule has 3 aromatic rings. The lowest BCUT2D eigenvalue weighted by molar-refractivity contribution is -0.120. The van der Waals surface area contributed by atoms with E-state index in [9.17, 15) is 9.59 Å². The number of aromatic nitrogens is 2. The summed E-state index contributed by atoms with van der Waals surface area (Å²) in [4.78, 5) is 23.9. The summed E-state index contributed by atoms with van der Waals surface area (Å²) in [6.07, 6.45) is 1.61. The molecule has 0 aliphatic rings. The van der Waals surface area contributed by atoms with E-state index in [0.29, 0.717) is 12.4 Å². The summed E-state index contributed by atoms with van der Waals surface area (Å²) in [6, 6.07) is 14.5. The van der Waals surface area contributed by atoms with E-state index in [4.69, 9.17) is 19.9 Å². The Hall–Kier alpha value is -4.01. The van der Waals surface area contributed by atoms with E-state index in [0.717, 1.165) is 5.56 Å². The zero-order valence-electron chi connectivity index (χ0n) is 16.6. The smallest absolute Gasteiger partial charge is 0.257 e. The second-order valence-corrected chi connectivity index (χ2v) is 6.28. The van der Waals surface area contributed by atoms with Crippen LogP contribution < -0.4 is 25.3 Å². The van der Waals surface area contributed by atoms with E-state index in [2.05, 4.69) is 10.4 Å². The number of hydrogen-bond acceptors (Lipinski definition) is 6. The van der Waals surface area contributed by atoms with Crippen molar-refractivity contribution in [3.05, 3.63) is 65.9 Å². The molecule has 9 nitrogen and oxygen atoms in total. The zero-order valence-corrected chi connectivity index (χ0v) is 16.6. The number of anilines is 1. The van der Waals surface area contributed by atoms with Gasteiger partial charge in [-0.25, -0.2) is 4.68 Å². The first-order valence-electron chi connectivity index (χ1n) is 9.06. The lowest BCUT2D eigenvalue weighted by atomic mass is 10.1. The van der Waals surface area contributed by atoms with E-state index in [1.807, 2.05) is 30.3 Å². The first-order valence-corrected chi connectivity index (χ1v) is 9.06. The molecule has 0 bridgehead atoms. The Kier molecular flexibility index (Phi) is 6.53. The highest BCUT2D eigenvalue weighted by atomic mass is 16.5. The van der Waals surface area contributed by atoms with Crippen LogP contribution in [0.3, 0.4) is 0 Å².